The van der Waals surface area contributed by atoms with E-state index in [1.807, 2.05) is 25.1 Å². The Balaban J connectivity index is 1.92. The number of urea groups is 1. The molecule has 1 atom stereocenters. The summed E-state index contributed by atoms with van der Waals surface area (Å²) in [6.45, 7) is 6.42. The first-order chi connectivity index (χ1) is 9.92. The molecule has 21 heavy (non-hydrogen) atoms. The van der Waals surface area contributed by atoms with Gasteiger partial charge in [-0.2, -0.15) is 0 Å². The second-order valence-electron chi connectivity index (χ2n) is 6.41. The second kappa shape index (κ2) is 6.29. The van der Waals surface area contributed by atoms with E-state index < -0.39 is 5.54 Å². The summed E-state index contributed by atoms with van der Waals surface area (Å²) >= 11 is 0. The number of amides is 3. The van der Waals surface area contributed by atoms with Crippen LogP contribution < -0.4 is 5.32 Å². The summed E-state index contributed by atoms with van der Waals surface area (Å²) in [7, 11) is 0. The molecule has 1 fully saturated rings. The van der Waals surface area contributed by atoms with Crippen LogP contribution in [-0.4, -0.2) is 28.9 Å². The summed E-state index contributed by atoms with van der Waals surface area (Å²) in [5, 5.41) is 2.85. The summed E-state index contributed by atoms with van der Waals surface area (Å²) in [5.41, 5.74) is 0.493. The first-order valence-corrected chi connectivity index (χ1v) is 7.60. The lowest BCUT2D eigenvalue weighted by Gasteiger charge is -2.23. The Kier molecular flexibility index (Phi) is 4.66. The average Bonchev–Trinajstić information content (AvgIpc) is 2.62. The Morgan fingerprint density at radius 3 is 2.48 bits per heavy atom. The molecular weight excluding hydrogens is 264 g/mol. The Morgan fingerprint density at radius 1 is 1.19 bits per heavy atom. The standard InChI is InChI=1S/C17H24N2O2/c1-13(2)12-17(3)15(20)19(16(21)18-17)11-7-10-14-8-5-4-6-9-14/h4-6,8-9,13H,7,10-12H2,1-3H3,(H,18,21). The van der Waals surface area contributed by atoms with Gasteiger partial charge in [0.1, 0.15) is 5.54 Å². The van der Waals surface area contributed by atoms with Crippen LogP contribution in [0.15, 0.2) is 30.3 Å². The van der Waals surface area contributed by atoms with Gasteiger partial charge in [0, 0.05) is 6.54 Å². The monoisotopic (exact) mass is 288 g/mol. The van der Waals surface area contributed by atoms with Gasteiger partial charge in [0.15, 0.2) is 0 Å². The lowest BCUT2D eigenvalue weighted by atomic mass is 9.91. The van der Waals surface area contributed by atoms with Crippen LogP contribution in [-0.2, 0) is 11.2 Å². The quantitative estimate of drug-likeness (QED) is 0.818. The molecule has 0 bridgehead atoms. The maximum absolute atomic E-state index is 12.5. The van der Waals surface area contributed by atoms with E-state index >= 15 is 0 Å². The fraction of sp³-hybridized carbons (Fsp3) is 0.529. The molecule has 2 rings (SSSR count). The fourth-order valence-corrected chi connectivity index (χ4v) is 2.99. The van der Waals surface area contributed by atoms with Gasteiger partial charge in [-0.25, -0.2) is 4.79 Å². The van der Waals surface area contributed by atoms with Gasteiger partial charge in [-0.1, -0.05) is 44.2 Å². The van der Waals surface area contributed by atoms with Crippen molar-refractivity contribution in [2.24, 2.45) is 5.92 Å². The smallest absolute Gasteiger partial charge is 0.323 e. The van der Waals surface area contributed by atoms with Crippen molar-refractivity contribution < 1.29 is 9.59 Å². The van der Waals surface area contributed by atoms with E-state index in [1.54, 1.807) is 0 Å². The topological polar surface area (TPSA) is 49.4 Å². The third kappa shape index (κ3) is 3.63. The van der Waals surface area contributed by atoms with E-state index in [-0.39, 0.29) is 11.9 Å². The summed E-state index contributed by atoms with van der Waals surface area (Å²) in [4.78, 5) is 25.8. The molecule has 1 unspecified atom stereocenters. The van der Waals surface area contributed by atoms with Crippen molar-refractivity contribution in [3.63, 3.8) is 0 Å². The van der Waals surface area contributed by atoms with Crippen molar-refractivity contribution in [3.8, 4) is 0 Å². The van der Waals surface area contributed by atoms with E-state index in [0.29, 0.717) is 18.9 Å². The van der Waals surface area contributed by atoms with Crippen LogP contribution >= 0.6 is 0 Å². The summed E-state index contributed by atoms with van der Waals surface area (Å²) < 4.78 is 0. The second-order valence-corrected chi connectivity index (χ2v) is 6.41. The van der Waals surface area contributed by atoms with Crippen molar-refractivity contribution in [2.75, 3.05) is 6.54 Å². The van der Waals surface area contributed by atoms with Gasteiger partial charge in [0.05, 0.1) is 0 Å². The maximum Gasteiger partial charge on any atom is 0.325 e. The van der Waals surface area contributed by atoms with Crippen LogP contribution in [0.3, 0.4) is 0 Å². The highest BCUT2D eigenvalue weighted by molar-refractivity contribution is 6.06. The molecule has 0 spiro atoms. The predicted molar refractivity (Wildman–Crippen MR) is 82.9 cm³/mol. The normalized spacial score (nSPS) is 22.0. The van der Waals surface area contributed by atoms with E-state index in [1.165, 1.54) is 10.5 Å². The number of hydrogen-bond donors (Lipinski definition) is 1. The number of rotatable bonds is 6. The molecule has 114 valence electrons. The van der Waals surface area contributed by atoms with E-state index in [4.69, 9.17) is 0 Å². The molecule has 4 nitrogen and oxygen atoms in total. The first kappa shape index (κ1) is 15.5. The van der Waals surface area contributed by atoms with Gasteiger partial charge < -0.3 is 5.32 Å². The van der Waals surface area contributed by atoms with Crippen LogP contribution in [0.5, 0.6) is 0 Å². The van der Waals surface area contributed by atoms with Gasteiger partial charge in [0.25, 0.3) is 5.91 Å². The van der Waals surface area contributed by atoms with E-state index in [9.17, 15) is 9.59 Å². The minimum absolute atomic E-state index is 0.0886. The van der Waals surface area contributed by atoms with Crippen LogP contribution in [0, 0.1) is 5.92 Å². The molecular formula is C17H24N2O2. The zero-order valence-electron chi connectivity index (χ0n) is 13.1. The fourth-order valence-electron chi connectivity index (χ4n) is 2.99. The highest BCUT2D eigenvalue weighted by Gasteiger charge is 2.47. The molecule has 1 N–H and O–H groups in total. The van der Waals surface area contributed by atoms with Crippen molar-refractivity contribution in [3.05, 3.63) is 35.9 Å². The highest BCUT2D eigenvalue weighted by Crippen LogP contribution is 2.25. The molecule has 0 radical (unpaired) electrons. The van der Waals surface area contributed by atoms with Crippen LogP contribution in [0.25, 0.3) is 0 Å². The van der Waals surface area contributed by atoms with Gasteiger partial charge in [0.2, 0.25) is 0 Å². The average molecular weight is 288 g/mol. The number of aryl methyl sites for hydroxylation is 1. The molecule has 1 saturated heterocycles. The Bertz CT molecular complexity index is 513. The van der Waals surface area contributed by atoms with E-state index in [2.05, 4.69) is 31.3 Å². The van der Waals surface area contributed by atoms with Crippen molar-refractivity contribution in [1.82, 2.24) is 10.2 Å². The largest absolute Gasteiger partial charge is 0.325 e. The molecule has 1 aromatic rings. The summed E-state index contributed by atoms with van der Waals surface area (Å²) in [6.07, 6.45) is 2.34. The van der Waals surface area contributed by atoms with Gasteiger partial charge in [-0.15, -0.1) is 0 Å². The third-order valence-corrected chi connectivity index (χ3v) is 3.85. The highest BCUT2D eigenvalue weighted by atomic mass is 16.2. The number of nitrogens with zero attached hydrogens (tertiary/aromatic N) is 1. The maximum atomic E-state index is 12.5. The van der Waals surface area contributed by atoms with Crippen molar-refractivity contribution in [2.45, 2.75) is 45.6 Å². The Morgan fingerprint density at radius 2 is 1.86 bits per heavy atom. The summed E-state index contributed by atoms with van der Waals surface area (Å²) in [6, 6.07) is 9.86. The number of carbonyl (C=O) groups excluding carboxylic acids is 2. The molecule has 0 aromatic heterocycles. The van der Waals surface area contributed by atoms with Crippen LogP contribution in [0.2, 0.25) is 0 Å². The molecule has 1 heterocycles. The van der Waals surface area contributed by atoms with Gasteiger partial charge >= 0.3 is 6.03 Å². The van der Waals surface area contributed by atoms with Crippen molar-refractivity contribution >= 4 is 11.9 Å². The number of carbonyl (C=O) groups is 2. The minimum Gasteiger partial charge on any atom is -0.323 e. The Hall–Kier alpha value is -1.84. The van der Waals surface area contributed by atoms with Gasteiger partial charge in [-0.3, -0.25) is 9.69 Å². The van der Waals surface area contributed by atoms with Crippen molar-refractivity contribution in [1.29, 1.82) is 0 Å². The Labute approximate surface area is 126 Å². The minimum atomic E-state index is -0.738. The molecule has 0 saturated carbocycles. The number of imide groups is 1. The number of hydrogen-bond acceptors (Lipinski definition) is 2. The molecule has 3 amide bonds. The SMILES string of the molecule is CC(C)CC1(C)NC(=O)N(CCCc2ccccc2)C1=O. The molecule has 4 heteroatoms. The lowest BCUT2D eigenvalue weighted by molar-refractivity contribution is -0.131. The van der Waals surface area contributed by atoms with E-state index in [0.717, 1.165) is 12.8 Å². The summed E-state index contributed by atoms with van der Waals surface area (Å²) in [5.74, 6) is 0.276. The number of nitrogens with one attached hydrogen (secondary N) is 1. The molecule has 0 aliphatic carbocycles. The van der Waals surface area contributed by atoms with Crippen LogP contribution in [0.1, 0.15) is 39.2 Å². The molecule has 1 aliphatic rings. The zero-order valence-corrected chi connectivity index (χ0v) is 13.1. The number of benzene rings is 1. The molecule has 1 aromatic carbocycles. The van der Waals surface area contributed by atoms with Crippen LogP contribution in [0.4, 0.5) is 4.79 Å². The predicted octanol–water partition coefficient (Wildman–Crippen LogP) is 2.98. The zero-order chi connectivity index (χ0) is 15.5. The van der Waals surface area contributed by atoms with Gasteiger partial charge in [-0.05, 0) is 37.7 Å². The third-order valence-electron chi connectivity index (χ3n) is 3.85. The molecule has 1 aliphatic heterocycles. The first-order valence-electron chi connectivity index (χ1n) is 7.60. The lowest BCUT2D eigenvalue weighted by Crippen LogP contribution is -2.45.